The highest BCUT2D eigenvalue weighted by Crippen LogP contribution is 2.34. The summed E-state index contributed by atoms with van der Waals surface area (Å²) in [5, 5.41) is 7.72. The molecule has 0 atom stereocenters. The van der Waals surface area contributed by atoms with Gasteiger partial charge in [-0.2, -0.15) is 0 Å². The number of aryl methyl sites for hydroxylation is 1. The first kappa shape index (κ1) is 29.0. The first-order valence-electron chi connectivity index (χ1n) is 14.2. The van der Waals surface area contributed by atoms with Crippen LogP contribution in [-0.2, 0) is 18.3 Å². The first-order valence-corrected chi connectivity index (χ1v) is 14.2. The molecule has 1 saturated heterocycles. The van der Waals surface area contributed by atoms with Crippen LogP contribution in [-0.4, -0.2) is 86.7 Å². The number of nitrogens with zero attached hydrogens (tertiary/aromatic N) is 5. The molecule has 1 aliphatic heterocycles. The fourth-order valence-electron chi connectivity index (χ4n) is 6.17. The summed E-state index contributed by atoms with van der Waals surface area (Å²) in [5.74, 6) is 1.38. The van der Waals surface area contributed by atoms with Gasteiger partial charge in [0.05, 0.1) is 32.4 Å². The van der Waals surface area contributed by atoms with E-state index in [1.807, 2.05) is 23.9 Å². The van der Waals surface area contributed by atoms with Crippen molar-refractivity contribution >= 4 is 23.5 Å². The average Bonchev–Trinajstić information content (AvgIpc) is 3.28. The zero-order valence-electron chi connectivity index (χ0n) is 24.6. The quantitative estimate of drug-likeness (QED) is 0.493. The van der Waals surface area contributed by atoms with Gasteiger partial charge in [0.15, 0.2) is 0 Å². The van der Waals surface area contributed by atoms with Crippen LogP contribution in [0.4, 0.5) is 11.5 Å². The Balaban J connectivity index is 1.57. The van der Waals surface area contributed by atoms with Crippen LogP contribution in [0.1, 0.15) is 59.7 Å². The Bertz CT molecular complexity index is 1150. The minimum Gasteiger partial charge on any atom is -0.480 e. The molecule has 1 aromatic heterocycles. The van der Waals surface area contributed by atoms with E-state index in [2.05, 4.69) is 65.7 Å². The van der Waals surface area contributed by atoms with Crippen molar-refractivity contribution in [3.05, 3.63) is 41.0 Å². The predicted molar refractivity (Wildman–Crippen MR) is 158 cm³/mol. The number of nitrogens with one attached hydrogen (secondary N) is 1. The van der Waals surface area contributed by atoms with Crippen LogP contribution in [0, 0.1) is 6.92 Å². The number of hydrogen-bond donors (Lipinski definition) is 1. The molecule has 0 unspecified atom stereocenters. The summed E-state index contributed by atoms with van der Waals surface area (Å²) in [6, 6.07) is 5.24. The molecule has 9 heteroatoms. The van der Waals surface area contributed by atoms with Crippen LogP contribution >= 0.6 is 0 Å². The third kappa shape index (κ3) is 6.25. The second-order valence-electron chi connectivity index (χ2n) is 10.8. The van der Waals surface area contributed by atoms with Crippen LogP contribution in [0.15, 0.2) is 18.7 Å². The van der Waals surface area contributed by atoms with Gasteiger partial charge in [-0.3, -0.25) is 4.79 Å². The van der Waals surface area contributed by atoms with Gasteiger partial charge in [-0.25, -0.2) is 4.68 Å². The zero-order chi connectivity index (χ0) is 28.1. The summed E-state index contributed by atoms with van der Waals surface area (Å²) in [6.45, 7) is 12.4. The van der Waals surface area contributed by atoms with E-state index in [1.54, 1.807) is 7.11 Å². The molecule has 0 spiro atoms. The minimum absolute atomic E-state index is 0.108. The van der Waals surface area contributed by atoms with Gasteiger partial charge in [-0.05, 0) is 76.9 Å². The van der Waals surface area contributed by atoms with Crippen molar-refractivity contribution < 1.29 is 14.3 Å². The summed E-state index contributed by atoms with van der Waals surface area (Å²) in [6.07, 6.45) is 6.53. The van der Waals surface area contributed by atoms with Crippen molar-refractivity contribution in [1.29, 1.82) is 0 Å². The van der Waals surface area contributed by atoms with Gasteiger partial charge in [0.1, 0.15) is 5.82 Å². The largest absolute Gasteiger partial charge is 0.480 e. The van der Waals surface area contributed by atoms with Crippen molar-refractivity contribution in [3.63, 3.8) is 0 Å². The van der Waals surface area contributed by atoms with E-state index in [4.69, 9.17) is 9.47 Å². The van der Waals surface area contributed by atoms with E-state index in [0.29, 0.717) is 43.3 Å². The lowest BCUT2D eigenvalue weighted by Crippen LogP contribution is -2.42. The molecule has 2 fully saturated rings. The molecule has 214 valence electrons. The zero-order valence-corrected chi connectivity index (χ0v) is 24.6. The van der Waals surface area contributed by atoms with Crippen LogP contribution in [0.3, 0.4) is 0 Å². The van der Waals surface area contributed by atoms with Gasteiger partial charge in [0.25, 0.3) is 5.91 Å². The maximum Gasteiger partial charge on any atom is 0.251 e. The summed E-state index contributed by atoms with van der Waals surface area (Å²) in [4.78, 5) is 20.8. The Morgan fingerprint density at radius 2 is 1.87 bits per heavy atom. The lowest BCUT2D eigenvalue weighted by molar-refractivity contribution is 0.0949. The van der Waals surface area contributed by atoms with E-state index < -0.39 is 0 Å². The minimum atomic E-state index is -0.108. The van der Waals surface area contributed by atoms with E-state index >= 15 is 0 Å². The van der Waals surface area contributed by atoms with Crippen molar-refractivity contribution in [2.24, 2.45) is 7.05 Å². The second kappa shape index (κ2) is 12.9. The van der Waals surface area contributed by atoms with Crippen LogP contribution in [0.5, 0.6) is 5.88 Å². The number of carbonyl (C=O) groups excluding carboxylic acids is 1. The number of aromatic nitrogens is 2. The molecule has 4 rings (SSSR count). The van der Waals surface area contributed by atoms with Crippen molar-refractivity contribution in [3.8, 4) is 5.88 Å². The summed E-state index contributed by atoms with van der Waals surface area (Å²) >= 11 is 0. The molecular weight excluding hydrogens is 492 g/mol. The molecule has 1 saturated carbocycles. The standard InChI is InChI=1S/C30H46N6O3/c1-8-22-18-25(21(3)27(19-22)36(9-2)24-12-10-23(11-13-24)33(4)5)28(37)31-20-26-29(38-7)32-34(6)30(26)35-14-16-39-17-15-35/h8,18-19,23-24H,1,9-17,20H2,2-7H3,(H,31,37). The summed E-state index contributed by atoms with van der Waals surface area (Å²) in [5.41, 5.74) is 4.64. The Morgan fingerprint density at radius 3 is 2.46 bits per heavy atom. The molecule has 0 bridgehead atoms. The van der Waals surface area contributed by atoms with Crippen LogP contribution in [0.25, 0.3) is 6.08 Å². The van der Waals surface area contributed by atoms with Gasteiger partial charge < -0.3 is 29.5 Å². The lowest BCUT2D eigenvalue weighted by atomic mass is 9.88. The third-order valence-corrected chi connectivity index (χ3v) is 8.38. The molecule has 2 aliphatic rings. The number of carbonyl (C=O) groups is 1. The third-order valence-electron chi connectivity index (χ3n) is 8.38. The molecule has 1 aliphatic carbocycles. The number of benzene rings is 1. The van der Waals surface area contributed by atoms with Crippen molar-refractivity contribution in [2.75, 3.05) is 63.9 Å². The smallest absolute Gasteiger partial charge is 0.251 e. The Kier molecular flexibility index (Phi) is 9.56. The van der Waals surface area contributed by atoms with E-state index in [0.717, 1.165) is 60.7 Å². The topological polar surface area (TPSA) is 75.1 Å². The average molecular weight is 539 g/mol. The fraction of sp³-hybridized carbons (Fsp3) is 0.600. The van der Waals surface area contributed by atoms with Gasteiger partial charge >= 0.3 is 0 Å². The highest BCUT2D eigenvalue weighted by molar-refractivity contribution is 5.98. The Hall–Kier alpha value is -3.04. The predicted octanol–water partition coefficient (Wildman–Crippen LogP) is 3.85. The first-order chi connectivity index (χ1) is 18.8. The number of rotatable bonds is 10. The monoisotopic (exact) mass is 538 g/mol. The van der Waals surface area contributed by atoms with E-state index in [9.17, 15) is 4.79 Å². The molecule has 2 heterocycles. The number of morpholine rings is 1. The molecule has 1 N–H and O–H groups in total. The van der Waals surface area contributed by atoms with Gasteiger partial charge in [-0.1, -0.05) is 12.7 Å². The van der Waals surface area contributed by atoms with Gasteiger partial charge in [0, 0.05) is 50.0 Å². The molecule has 9 nitrogen and oxygen atoms in total. The summed E-state index contributed by atoms with van der Waals surface area (Å²) in [7, 11) is 7.88. The fourth-order valence-corrected chi connectivity index (χ4v) is 6.17. The maximum absolute atomic E-state index is 13.7. The molecule has 2 aromatic rings. The maximum atomic E-state index is 13.7. The lowest BCUT2D eigenvalue weighted by Gasteiger charge is -2.40. The normalized spacial score (nSPS) is 19.7. The van der Waals surface area contributed by atoms with Crippen LogP contribution in [0.2, 0.25) is 0 Å². The number of hydrogen-bond acceptors (Lipinski definition) is 7. The van der Waals surface area contributed by atoms with E-state index in [1.165, 1.54) is 12.8 Å². The number of methoxy groups -OCH3 is 1. The highest BCUT2D eigenvalue weighted by atomic mass is 16.5. The second-order valence-corrected chi connectivity index (χ2v) is 10.8. The summed E-state index contributed by atoms with van der Waals surface area (Å²) < 4.78 is 13.0. The van der Waals surface area contributed by atoms with E-state index in [-0.39, 0.29) is 5.91 Å². The van der Waals surface area contributed by atoms with Crippen LogP contribution < -0.4 is 19.9 Å². The molecular formula is C30H46N6O3. The molecule has 1 aromatic carbocycles. The number of ether oxygens (including phenoxy) is 2. The van der Waals surface area contributed by atoms with Gasteiger partial charge in [0.2, 0.25) is 5.88 Å². The SMILES string of the molecule is C=Cc1cc(C(=O)NCc2c(OC)nn(C)c2N2CCOCC2)c(C)c(N(CC)C2CCC(N(C)C)CC2)c1. The Morgan fingerprint density at radius 1 is 1.21 bits per heavy atom. The Labute approximate surface area is 233 Å². The number of amides is 1. The molecule has 39 heavy (non-hydrogen) atoms. The van der Waals surface area contributed by atoms with Crippen molar-refractivity contribution in [1.82, 2.24) is 20.0 Å². The molecule has 0 radical (unpaired) electrons. The van der Waals surface area contributed by atoms with Crippen molar-refractivity contribution in [2.45, 2.75) is 58.2 Å². The highest BCUT2D eigenvalue weighted by Gasteiger charge is 2.29. The van der Waals surface area contributed by atoms with Gasteiger partial charge in [-0.15, -0.1) is 5.10 Å². The number of anilines is 2. The molecule has 1 amide bonds.